The Kier molecular flexibility index (Phi) is 7.87. The smallest absolute Gasteiger partial charge is 0.302 e. The standard InChI is InChI=1S/C36H55N3O4/c1-21(2)29-24(41)20-36(31(42)39-28(37)14-19-38-9)18-17-34(7)23(30(29)36)10-11-26-33(6)15-13-27(43-22(3)40)32(4,5)25(33)12-16-35(26,34)8/h14,19,21,23,25-27,38H,10-13,15-18,20H2,1-9H3,(H2,37,39,42)/b19-14-/t23?,25?,26?,27-,33?,34+,35?,36+/m0/s1. The zero-order valence-electron chi connectivity index (χ0n) is 28.1. The molecular formula is C36H55N3O4. The van der Waals surface area contributed by atoms with Crippen molar-refractivity contribution in [2.75, 3.05) is 7.05 Å². The van der Waals surface area contributed by atoms with E-state index in [9.17, 15) is 14.4 Å². The van der Waals surface area contributed by atoms with Gasteiger partial charge in [0.2, 0.25) is 0 Å². The molecule has 3 N–H and O–H groups in total. The van der Waals surface area contributed by atoms with Crippen molar-refractivity contribution < 1.29 is 19.1 Å². The number of carbonyl (C=O) groups excluding carboxylic acids is 3. The first-order valence-electron chi connectivity index (χ1n) is 16.7. The highest BCUT2D eigenvalue weighted by Crippen LogP contribution is 2.76. The summed E-state index contributed by atoms with van der Waals surface area (Å²) >= 11 is 0. The normalized spacial score (nSPS) is 42.3. The van der Waals surface area contributed by atoms with E-state index in [0.717, 1.165) is 56.1 Å². The molecule has 0 aromatic heterocycles. The summed E-state index contributed by atoms with van der Waals surface area (Å²) in [6.45, 7) is 17.9. The van der Waals surface area contributed by atoms with Crippen LogP contribution < -0.4 is 11.1 Å². The number of amidine groups is 1. The molecule has 43 heavy (non-hydrogen) atoms. The van der Waals surface area contributed by atoms with Crippen LogP contribution in [-0.4, -0.2) is 36.6 Å². The lowest BCUT2D eigenvalue weighted by Crippen LogP contribution is -2.66. The molecule has 7 nitrogen and oxygen atoms in total. The maximum absolute atomic E-state index is 14.1. The van der Waals surface area contributed by atoms with Gasteiger partial charge >= 0.3 is 5.97 Å². The molecule has 5 aliphatic carbocycles. The van der Waals surface area contributed by atoms with Crippen LogP contribution in [0.3, 0.4) is 0 Å². The minimum absolute atomic E-state index is 0.0358. The number of nitrogens with zero attached hydrogens (tertiary/aromatic N) is 1. The molecule has 5 aliphatic rings. The van der Waals surface area contributed by atoms with Crippen molar-refractivity contribution in [1.29, 1.82) is 0 Å². The largest absolute Gasteiger partial charge is 0.462 e. The van der Waals surface area contributed by atoms with E-state index in [0.29, 0.717) is 18.3 Å². The molecule has 0 spiro atoms. The fourth-order valence-corrected chi connectivity index (χ4v) is 11.7. The molecular weight excluding hydrogens is 538 g/mol. The van der Waals surface area contributed by atoms with Gasteiger partial charge in [-0.05, 0) is 115 Å². The number of aliphatic imine (C=N–C) groups is 1. The van der Waals surface area contributed by atoms with Crippen molar-refractivity contribution in [2.24, 2.45) is 61.5 Å². The van der Waals surface area contributed by atoms with Crippen LogP contribution in [0.25, 0.3) is 0 Å². The number of esters is 1. The van der Waals surface area contributed by atoms with E-state index in [2.05, 4.69) is 58.8 Å². The first-order chi connectivity index (χ1) is 20.0. The van der Waals surface area contributed by atoms with Crippen LogP contribution in [0, 0.1) is 50.7 Å². The molecule has 0 heterocycles. The van der Waals surface area contributed by atoms with Gasteiger partial charge in [0, 0.05) is 25.8 Å². The number of nitrogens with two attached hydrogens (primary N) is 1. The molecule has 4 fully saturated rings. The fraction of sp³-hybridized carbons (Fsp3) is 0.778. The lowest BCUT2D eigenvalue weighted by atomic mass is 9.33. The number of hydrogen-bond acceptors (Lipinski definition) is 5. The third-order valence-corrected chi connectivity index (χ3v) is 13.7. The number of amides is 1. The Balaban J connectivity index is 1.56. The molecule has 4 saturated carbocycles. The van der Waals surface area contributed by atoms with Gasteiger partial charge in [0.25, 0.3) is 5.91 Å². The quantitative estimate of drug-likeness (QED) is 0.213. The topological polar surface area (TPSA) is 111 Å². The van der Waals surface area contributed by atoms with Gasteiger partial charge in [-0.15, -0.1) is 0 Å². The first-order valence-corrected chi connectivity index (χ1v) is 16.7. The van der Waals surface area contributed by atoms with E-state index in [1.807, 2.05) is 0 Å². The van der Waals surface area contributed by atoms with E-state index >= 15 is 0 Å². The third kappa shape index (κ3) is 4.48. The van der Waals surface area contributed by atoms with Crippen LogP contribution >= 0.6 is 0 Å². The van der Waals surface area contributed by atoms with Crippen LogP contribution in [0.4, 0.5) is 0 Å². The summed E-state index contributed by atoms with van der Waals surface area (Å²) < 4.78 is 5.91. The average Bonchev–Trinajstić information content (AvgIpc) is 3.22. The molecule has 0 saturated heterocycles. The predicted octanol–water partition coefficient (Wildman–Crippen LogP) is 6.52. The molecule has 5 unspecified atom stereocenters. The molecule has 1 amide bonds. The van der Waals surface area contributed by atoms with Gasteiger partial charge in [-0.2, -0.15) is 4.99 Å². The molecule has 8 atom stereocenters. The van der Waals surface area contributed by atoms with E-state index in [4.69, 9.17) is 10.5 Å². The molecule has 5 rings (SSSR count). The van der Waals surface area contributed by atoms with Crippen molar-refractivity contribution in [1.82, 2.24) is 5.32 Å². The summed E-state index contributed by atoms with van der Waals surface area (Å²) in [6.07, 6.45) is 11.3. The molecule has 0 radical (unpaired) electrons. The van der Waals surface area contributed by atoms with E-state index in [1.54, 1.807) is 19.3 Å². The molecule has 0 aromatic rings. The van der Waals surface area contributed by atoms with Crippen molar-refractivity contribution >= 4 is 23.5 Å². The Morgan fingerprint density at radius 1 is 0.977 bits per heavy atom. The van der Waals surface area contributed by atoms with Gasteiger partial charge in [-0.25, -0.2) is 0 Å². The molecule has 238 valence electrons. The van der Waals surface area contributed by atoms with Crippen LogP contribution in [0.1, 0.15) is 113 Å². The summed E-state index contributed by atoms with van der Waals surface area (Å²) in [4.78, 5) is 44.2. The molecule has 0 bridgehead atoms. The Bertz CT molecular complexity index is 1290. The zero-order chi connectivity index (χ0) is 31.8. The second-order valence-electron chi connectivity index (χ2n) is 16.2. The minimum Gasteiger partial charge on any atom is -0.462 e. The van der Waals surface area contributed by atoms with Crippen LogP contribution in [0.5, 0.6) is 0 Å². The lowest BCUT2D eigenvalue weighted by Gasteiger charge is -2.72. The number of ketones is 1. The average molecular weight is 594 g/mol. The number of Topliss-reactive ketones (excluding diaryl/α,β-unsaturated/α-hetero) is 1. The maximum Gasteiger partial charge on any atom is 0.302 e. The number of fused-ring (bicyclic) bond motifs is 7. The highest BCUT2D eigenvalue weighted by molar-refractivity contribution is 6.10. The first kappa shape index (κ1) is 32.0. The van der Waals surface area contributed by atoms with E-state index in [1.165, 1.54) is 6.92 Å². The zero-order valence-corrected chi connectivity index (χ0v) is 28.1. The minimum atomic E-state index is -0.882. The number of carbonyl (C=O) groups is 3. The van der Waals surface area contributed by atoms with Gasteiger partial charge < -0.3 is 15.8 Å². The highest BCUT2D eigenvalue weighted by atomic mass is 16.5. The highest BCUT2D eigenvalue weighted by Gasteiger charge is 2.71. The molecule has 0 aromatic carbocycles. The number of hydrogen-bond donors (Lipinski definition) is 2. The molecule has 7 heteroatoms. The second-order valence-corrected chi connectivity index (χ2v) is 16.2. The summed E-state index contributed by atoms with van der Waals surface area (Å²) in [5.41, 5.74) is 7.35. The van der Waals surface area contributed by atoms with E-state index in [-0.39, 0.29) is 69.5 Å². The number of nitrogens with one attached hydrogen (secondary N) is 1. The maximum atomic E-state index is 14.1. The SMILES string of the molecule is CN/C=C\C(N)=NC(=O)[C@@]12CC[C@]3(C)C(CCC4C5(C)CC[C@H](OC(C)=O)C(C)(C)C5CCC43C)C1=C(C(C)C)C(=O)C2. The summed E-state index contributed by atoms with van der Waals surface area (Å²) in [5.74, 6) is 1.09. The van der Waals surface area contributed by atoms with E-state index < -0.39 is 5.41 Å². The number of allylic oxidation sites excluding steroid dienone is 1. The summed E-state index contributed by atoms with van der Waals surface area (Å²) in [5, 5.41) is 2.90. The van der Waals surface area contributed by atoms with Crippen molar-refractivity contribution in [3.05, 3.63) is 23.4 Å². The van der Waals surface area contributed by atoms with Crippen molar-refractivity contribution in [3.8, 4) is 0 Å². The lowest BCUT2D eigenvalue weighted by molar-refractivity contribution is -0.232. The number of rotatable bonds is 5. The van der Waals surface area contributed by atoms with Gasteiger partial charge in [-0.1, -0.05) is 48.5 Å². The Morgan fingerprint density at radius 2 is 1.67 bits per heavy atom. The van der Waals surface area contributed by atoms with Crippen molar-refractivity contribution in [2.45, 2.75) is 119 Å². The third-order valence-electron chi connectivity index (χ3n) is 13.7. The monoisotopic (exact) mass is 593 g/mol. The Labute approximate surface area is 258 Å². The van der Waals surface area contributed by atoms with Crippen LogP contribution in [0.15, 0.2) is 28.4 Å². The van der Waals surface area contributed by atoms with Gasteiger partial charge in [0.15, 0.2) is 5.78 Å². The van der Waals surface area contributed by atoms with Gasteiger partial charge in [0.05, 0.1) is 5.41 Å². The van der Waals surface area contributed by atoms with Crippen LogP contribution in [0.2, 0.25) is 0 Å². The Hall–Kier alpha value is -2.44. The van der Waals surface area contributed by atoms with Crippen molar-refractivity contribution in [3.63, 3.8) is 0 Å². The molecule has 0 aliphatic heterocycles. The summed E-state index contributed by atoms with van der Waals surface area (Å²) in [6, 6.07) is 0. The fourth-order valence-electron chi connectivity index (χ4n) is 11.7. The predicted molar refractivity (Wildman–Crippen MR) is 170 cm³/mol. The van der Waals surface area contributed by atoms with Crippen LogP contribution in [-0.2, 0) is 19.1 Å². The Morgan fingerprint density at radius 3 is 2.30 bits per heavy atom. The second kappa shape index (κ2) is 10.6. The summed E-state index contributed by atoms with van der Waals surface area (Å²) in [7, 11) is 1.77. The van der Waals surface area contributed by atoms with Gasteiger partial charge in [0.1, 0.15) is 11.9 Å². The number of ether oxygens (including phenoxy) is 1. The van der Waals surface area contributed by atoms with Gasteiger partial charge in [-0.3, -0.25) is 14.4 Å².